The van der Waals surface area contributed by atoms with Crippen molar-refractivity contribution in [3.63, 3.8) is 0 Å². The van der Waals surface area contributed by atoms with Gasteiger partial charge in [-0.05, 0) is 26.2 Å². The number of amides is 1. The second-order valence-electron chi connectivity index (χ2n) is 5.07. The molecule has 0 aliphatic carbocycles. The zero-order valence-corrected chi connectivity index (χ0v) is 11.9. The monoisotopic (exact) mass is 257 g/mol. The number of nitrogens with zero attached hydrogens (tertiary/aromatic N) is 1. The van der Waals surface area contributed by atoms with Crippen LogP contribution in [0.3, 0.4) is 0 Å². The van der Waals surface area contributed by atoms with E-state index in [1.807, 2.05) is 0 Å². The van der Waals surface area contributed by atoms with Crippen molar-refractivity contribution in [1.29, 1.82) is 0 Å². The third-order valence-corrected chi connectivity index (χ3v) is 3.51. The first-order valence-corrected chi connectivity index (χ1v) is 6.83. The van der Waals surface area contributed by atoms with Crippen LogP contribution in [0.5, 0.6) is 0 Å². The van der Waals surface area contributed by atoms with Crippen molar-refractivity contribution in [3.8, 4) is 0 Å². The van der Waals surface area contributed by atoms with Crippen molar-refractivity contribution in [2.45, 2.75) is 38.3 Å². The van der Waals surface area contributed by atoms with Gasteiger partial charge in [-0.15, -0.1) is 0 Å². The fraction of sp³-hybridized carbons (Fsp3) is 0.923. The Morgan fingerprint density at radius 2 is 2.11 bits per heavy atom. The van der Waals surface area contributed by atoms with E-state index in [0.717, 1.165) is 39.0 Å². The first-order chi connectivity index (χ1) is 8.65. The van der Waals surface area contributed by atoms with Crippen LogP contribution >= 0.6 is 0 Å². The predicted octanol–water partition coefficient (Wildman–Crippen LogP) is 0.211. The van der Waals surface area contributed by atoms with Gasteiger partial charge in [-0.1, -0.05) is 0 Å². The van der Waals surface area contributed by atoms with Crippen LogP contribution in [0.1, 0.15) is 26.2 Å². The predicted molar refractivity (Wildman–Crippen MR) is 72.6 cm³/mol. The lowest BCUT2D eigenvalue weighted by molar-refractivity contribution is -0.122. The van der Waals surface area contributed by atoms with Gasteiger partial charge in [0.1, 0.15) is 0 Å². The van der Waals surface area contributed by atoms with E-state index in [-0.39, 0.29) is 5.91 Å². The second-order valence-corrected chi connectivity index (χ2v) is 5.07. The van der Waals surface area contributed by atoms with Gasteiger partial charge in [0, 0.05) is 45.9 Å². The van der Waals surface area contributed by atoms with E-state index in [9.17, 15) is 4.79 Å². The summed E-state index contributed by atoms with van der Waals surface area (Å²) >= 11 is 0. The highest BCUT2D eigenvalue weighted by Gasteiger charge is 2.21. The molecule has 0 aromatic rings. The molecule has 0 aromatic heterocycles. The molecular weight excluding hydrogens is 230 g/mol. The molecule has 1 rings (SSSR count). The number of likely N-dealkylation sites (N-methyl/N-ethyl adjacent to an activating group) is 1. The quantitative estimate of drug-likeness (QED) is 0.685. The third-order valence-electron chi connectivity index (χ3n) is 3.51. The van der Waals surface area contributed by atoms with Gasteiger partial charge in [-0.2, -0.15) is 0 Å². The summed E-state index contributed by atoms with van der Waals surface area (Å²) in [6.07, 6.45) is 3.29. The summed E-state index contributed by atoms with van der Waals surface area (Å²) < 4.78 is 5.08. The first-order valence-electron chi connectivity index (χ1n) is 6.83. The lowest BCUT2D eigenvalue weighted by Gasteiger charge is -2.33. The molecule has 1 unspecified atom stereocenters. The summed E-state index contributed by atoms with van der Waals surface area (Å²) in [5, 5.41) is 6.30. The maximum absolute atomic E-state index is 11.3. The Kier molecular flexibility index (Phi) is 7.23. The number of methoxy groups -OCH3 is 1. The van der Waals surface area contributed by atoms with Crippen LogP contribution in [0, 0.1) is 0 Å². The largest absolute Gasteiger partial charge is 0.385 e. The van der Waals surface area contributed by atoms with E-state index < -0.39 is 0 Å². The Labute approximate surface area is 110 Å². The summed E-state index contributed by atoms with van der Waals surface area (Å²) in [6, 6.07) is 1.08. The van der Waals surface area contributed by atoms with Crippen molar-refractivity contribution >= 4 is 5.91 Å². The zero-order valence-electron chi connectivity index (χ0n) is 11.9. The zero-order chi connectivity index (χ0) is 13.4. The molecule has 1 heterocycles. The van der Waals surface area contributed by atoms with Gasteiger partial charge in [0.25, 0.3) is 0 Å². The highest BCUT2D eigenvalue weighted by Crippen LogP contribution is 2.11. The highest BCUT2D eigenvalue weighted by atomic mass is 16.5. The Hall–Kier alpha value is -0.650. The Balaban J connectivity index is 2.16. The van der Waals surface area contributed by atoms with Crippen LogP contribution in [0.15, 0.2) is 0 Å². The van der Waals surface area contributed by atoms with Crippen LogP contribution in [0.25, 0.3) is 0 Å². The number of nitrogens with one attached hydrogen (secondary N) is 2. The molecule has 5 nitrogen and oxygen atoms in total. The molecule has 1 aliphatic heterocycles. The molecule has 0 spiro atoms. The molecule has 0 saturated carbocycles. The average molecular weight is 257 g/mol. The van der Waals surface area contributed by atoms with Gasteiger partial charge in [-0.25, -0.2) is 0 Å². The van der Waals surface area contributed by atoms with Crippen molar-refractivity contribution in [1.82, 2.24) is 15.5 Å². The molecule has 106 valence electrons. The molecule has 18 heavy (non-hydrogen) atoms. The normalized spacial score (nSPS) is 19.7. The van der Waals surface area contributed by atoms with E-state index >= 15 is 0 Å². The van der Waals surface area contributed by atoms with Crippen LogP contribution in [-0.4, -0.2) is 63.3 Å². The number of likely N-dealkylation sites (tertiary alicyclic amines) is 1. The van der Waals surface area contributed by atoms with Gasteiger partial charge in [0.2, 0.25) is 5.91 Å². The van der Waals surface area contributed by atoms with Gasteiger partial charge < -0.3 is 15.4 Å². The maximum Gasteiger partial charge on any atom is 0.233 e. The number of piperidine rings is 1. The molecule has 0 radical (unpaired) electrons. The lowest BCUT2D eigenvalue weighted by Crippen LogP contribution is -2.47. The smallest absolute Gasteiger partial charge is 0.233 e. The molecule has 1 aliphatic rings. The van der Waals surface area contributed by atoms with E-state index in [2.05, 4.69) is 22.5 Å². The highest BCUT2D eigenvalue weighted by molar-refractivity contribution is 5.77. The number of hydrogen-bond acceptors (Lipinski definition) is 4. The third kappa shape index (κ3) is 5.80. The minimum absolute atomic E-state index is 0.106. The molecule has 1 saturated heterocycles. The number of ether oxygens (including phenoxy) is 1. The number of carbonyl (C=O) groups excluding carboxylic acids is 1. The number of hydrogen-bond donors (Lipinski definition) is 2. The minimum atomic E-state index is 0.106. The lowest BCUT2D eigenvalue weighted by atomic mass is 10.0. The van der Waals surface area contributed by atoms with Crippen LogP contribution < -0.4 is 10.6 Å². The molecule has 1 atom stereocenters. The summed E-state index contributed by atoms with van der Waals surface area (Å²) in [4.78, 5) is 13.5. The van der Waals surface area contributed by atoms with Gasteiger partial charge >= 0.3 is 0 Å². The standard InChI is InChI=1S/C13H27N3O2/c1-11(6-9-18-3)15-12-4-7-16(8-5-12)10-13(17)14-2/h11-12,15H,4-10H2,1-3H3,(H,14,17). The van der Waals surface area contributed by atoms with Crippen molar-refractivity contribution in [3.05, 3.63) is 0 Å². The van der Waals surface area contributed by atoms with Gasteiger partial charge in [-0.3, -0.25) is 9.69 Å². The summed E-state index contributed by atoms with van der Waals surface area (Å²) in [5.74, 6) is 0.106. The molecule has 2 N–H and O–H groups in total. The van der Waals surface area contributed by atoms with Crippen LogP contribution in [0.4, 0.5) is 0 Å². The van der Waals surface area contributed by atoms with Crippen LogP contribution in [-0.2, 0) is 9.53 Å². The average Bonchev–Trinajstić information content (AvgIpc) is 2.38. The summed E-state index contributed by atoms with van der Waals surface area (Å²) in [7, 11) is 3.43. The van der Waals surface area contributed by atoms with E-state index in [4.69, 9.17) is 4.74 Å². The fourth-order valence-corrected chi connectivity index (χ4v) is 2.32. The van der Waals surface area contributed by atoms with Crippen LogP contribution in [0.2, 0.25) is 0 Å². The van der Waals surface area contributed by atoms with Gasteiger partial charge in [0.05, 0.1) is 6.54 Å². The Morgan fingerprint density at radius 1 is 1.44 bits per heavy atom. The minimum Gasteiger partial charge on any atom is -0.385 e. The second kappa shape index (κ2) is 8.45. The summed E-state index contributed by atoms with van der Waals surface area (Å²) in [5.41, 5.74) is 0. The van der Waals surface area contributed by atoms with Crippen molar-refractivity contribution in [2.75, 3.05) is 40.4 Å². The molecule has 1 amide bonds. The first kappa shape index (κ1) is 15.4. The number of carbonyl (C=O) groups is 1. The molecule has 0 bridgehead atoms. The fourth-order valence-electron chi connectivity index (χ4n) is 2.32. The van der Waals surface area contributed by atoms with E-state index in [1.165, 1.54) is 0 Å². The summed E-state index contributed by atoms with van der Waals surface area (Å²) in [6.45, 7) is 5.55. The van der Waals surface area contributed by atoms with E-state index in [0.29, 0.717) is 18.6 Å². The Morgan fingerprint density at radius 3 is 2.67 bits per heavy atom. The molecule has 1 fully saturated rings. The van der Waals surface area contributed by atoms with Gasteiger partial charge in [0.15, 0.2) is 0 Å². The van der Waals surface area contributed by atoms with Crippen molar-refractivity contribution < 1.29 is 9.53 Å². The molecule has 5 heteroatoms. The SMILES string of the molecule is CNC(=O)CN1CCC(NC(C)CCOC)CC1. The molecular formula is C13H27N3O2. The Bertz CT molecular complexity index is 240. The van der Waals surface area contributed by atoms with E-state index in [1.54, 1.807) is 14.2 Å². The maximum atomic E-state index is 11.3. The van der Waals surface area contributed by atoms with Crippen molar-refractivity contribution in [2.24, 2.45) is 0 Å². The number of rotatable bonds is 7. The molecule has 0 aromatic carbocycles. The topological polar surface area (TPSA) is 53.6 Å².